The first-order valence-electron chi connectivity index (χ1n) is 4.45. The molecule has 0 saturated heterocycles. The van der Waals surface area contributed by atoms with Crippen LogP contribution in [0.25, 0.3) is 16.8 Å². The van der Waals surface area contributed by atoms with Crippen molar-refractivity contribution in [3.05, 3.63) is 48.5 Å². The van der Waals surface area contributed by atoms with Crippen LogP contribution in [-0.2, 0) is 0 Å². The molecule has 0 spiro atoms. The van der Waals surface area contributed by atoms with Crippen LogP contribution in [0.5, 0.6) is 5.75 Å². The fraction of sp³-hybridized carbons (Fsp3) is 0.0769. The Kier molecular flexibility index (Phi) is 6.72. The maximum Gasteiger partial charge on any atom is 2.00 e. The Morgan fingerprint density at radius 2 is 2.06 bits per heavy atom. The number of rotatable bonds is 2. The van der Waals surface area contributed by atoms with Gasteiger partial charge in [-0.05, 0) is 6.07 Å². The van der Waals surface area contributed by atoms with Gasteiger partial charge in [0.05, 0.1) is 7.11 Å². The molecule has 2 aromatic carbocycles. The van der Waals surface area contributed by atoms with Crippen LogP contribution in [0, 0.1) is 6.07 Å². The van der Waals surface area contributed by atoms with Gasteiger partial charge in [-0.3, -0.25) is 0 Å². The molecular formula is C13H11BrMgO. The molecule has 16 heavy (non-hydrogen) atoms. The Morgan fingerprint density at radius 1 is 1.31 bits per heavy atom. The summed E-state index contributed by atoms with van der Waals surface area (Å²) in [5.41, 5.74) is 1.01. The molecule has 0 N–H and O–H groups in total. The fourth-order valence-electron chi connectivity index (χ4n) is 1.51. The van der Waals surface area contributed by atoms with Crippen LogP contribution in [-0.4, -0.2) is 30.2 Å². The van der Waals surface area contributed by atoms with Crippen molar-refractivity contribution in [2.24, 2.45) is 0 Å². The number of ether oxygens (including phenoxy) is 1. The summed E-state index contributed by atoms with van der Waals surface area (Å²) < 4.78 is 5.26. The average molecular weight is 287 g/mol. The minimum atomic E-state index is 0. The van der Waals surface area contributed by atoms with Gasteiger partial charge in [0.25, 0.3) is 0 Å². The molecule has 0 fully saturated rings. The first-order valence-corrected chi connectivity index (χ1v) is 4.45. The Labute approximate surface area is 122 Å². The predicted molar refractivity (Wildman–Crippen MR) is 65.2 cm³/mol. The molecule has 0 heterocycles. The van der Waals surface area contributed by atoms with E-state index in [0.717, 1.165) is 22.1 Å². The molecule has 78 valence electrons. The second-order valence-electron chi connectivity index (χ2n) is 3.07. The minimum Gasteiger partial charge on any atom is -1.00 e. The van der Waals surface area contributed by atoms with Crippen LogP contribution in [0.4, 0.5) is 0 Å². The molecule has 0 aromatic heterocycles. The molecule has 2 aromatic rings. The number of hydrogen-bond donors (Lipinski definition) is 0. The average Bonchev–Trinajstić information content (AvgIpc) is 2.27. The van der Waals surface area contributed by atoms with Crippen molar-refractivity contribution >= 4 is 39.9 Å². The van der Waals surface area contributed by atoms with Crippen molar-refractivity contribution in [2.75, 3.05) is 7.11 Å². The van der Waals surface area contributed by atoms with Gasteiger partial charge in [0.2, 0.25) is 0 Å². The molecule has 0 bridgehead atoms. The topological polar surface area (TPSA) is 9.23 Å². The molecule has 3 heteroatoms. The smallest absolute Gasteiger partial charge is 1.00 e. The van der Waals surface area contributed by atoms with E-state index in [2.05, 4.69) is 18.7 Å². The number of benzene rings is 2. The van der Waals surface area contributed by atoms with Gasteiger partial charge in [-0.15, -0.1) is 10.8 Å². The van der Waals surface area contributed by atoms with E-state index >= 15 is 0 Å². The third-order valence-corrected chi connectivity index (χ3v) is 2.25. The van der Waals surface area contributed by atoms with Crippen LogP contribution >= 0.6 is 0 Å². The van der Waals surface area contributed by atoms with E-state index in [0.29, 0.717) is 0 Å². The molecule has 0 radical (unpaired) electrons. The monoisotopic (exact) mass is 286 g/mol. The zero-order valence-electron chi connectivity index (χ0n) is 9.16. The van der Waals surface area contributed by atoms with Gasteiger partial charge in [-0.25, -0.2) is 0 Å². The minimum absolute atomic E-state index is 0. The summed E-state index contributed by atoms with van der Waals surface area (Å²) in [5.74, 6) is 0.860. The van der Waals surface area contributed by atoms with Crippen molar-refractivity contribution in [1.82, 2.24) is 0 Å². The van der Waals surface area contributed by atoms with E-state index < -0.39 is 0 Å². The third kappa shape index (κ3) is 3.00. The Hall–Kier alpha value is -0.514. The molecular weight excluding hydrogens is 276 g/mol. The summed E-state index contributed by atoms with van der Waals surface area (Å²) in [6.07, 6.45) is 1.80. The first kappa shape index (κ1) is 15.5. The van der Waals surface area contributed by atoms with Crippen molar-refractivity contribution in [3.63, 3.8) is 0 Å². The molecule has 0 unspecified atom stereocenters. The van der Waals surface area contributed by atoms with Gasteiger partial charge in [-0.2, -0.15) is 24.3 Å². The van der Waals surface area contributed by atoms with Crippen molar-refractivity contribution in [3.8, 4) is 5.75 Å². The molecule has 0 saturated carbocycles. The normalized spacial score (nSPS) is 8.81. The number of methoxy groups -OCH3 is 1. The predicted octanol–water partition coefficient (Wildman–Crippen LogP) is -0.0852. The second-order valence-corrected chi connectivity index (χ2v) is 3.07. The molecule has 0 atom stereocenters. The van der Waals surface area contributed by atoms with E-state index in [4.69, 9.17) is 4.74 Å². The second kappa shape index (κ2) is 6.94. The molecule has 0 aliphatic carbocycles. The standard InChI is InChI=1S/C13H11O.BrH.Mg/c1-3-10-8-11-6-4-5-7-12(11)9-13(10)14-2;;/h3,5-9H,1H2,2H3;1H;/q-1;;+2/p-1. The van der Waals surface area contributed by atoms with Gasteiger partial charge >= 0.3 is 23.1 Å². The Bertz CT molecular complexity index is 482. The molecule has 0 amide bonds. The first-order chi connectivity index (χ1) is 6.85. The van der Waals surface area contributed by atoms with Gasteiger partial charge in [0.1, 0.15) is 5.75 Å². The van der Waals surface area contributed by atoms with Gasteiger partial charge in [-0.1, -0.05) is 18.7 Å². The zero-order valence-corrected chi connectivity index (χ0v) is 12.2. The molecule has 1 nitrogen and oxygen atoms in total. The quantitative estimate of drug-likeness (QED) is 0.554. The fourth-order valence-corrected chi connectivity index (χ4v) is 1.51. The van der Waals surface area contributed by atoms with Gasteiger partial charge < -0.3 is 21.7 Å². The summed E-state index contributed by atoms with van der Waals surface area (Å²) in [4.78, 5) is 0. The van der Waals surface area contributed by atoms with E-state index in [-0.39, 0.29) is 40.0 Å². The maximum atomic E-state index is 5.26. The van der Waals surface area contributed by atoms with E-state index in [1.807, 2.05) is 24.3 Å². The molecule has 2 rings (SSSR count). The van der Waals surface area contributed by atoms with E-state index in [1.54, 1.807) is 13.2 Å². The third-order valence-electron chi connectivity index (χ3n) is 2.25. The summed E-state index contributed by atoms with van der Waals surface area (Å²) >= 11 is 0. The van der Waals surface area contributed by atoms with Gasteiger partial charge in [0, 0.05) is 5.56 Å². The number of hydrogen-bond acceptors (Lipinski definition) is 1. The maximum absolute atomic E-state index is 5.26. The van der Waals surface area contributed by atoms with Crippen LogP contribution in [0.15, 0.2) is 36.9 Å². The van der Waals surface area contributed by atoms with Crippen LogP contribution in [0.1, 0.15) is 5.56 Å². The largest absolute Gasteiger partial charge is 2.00 e. The van der Waals surface area contributed by atoms with E-state index in [1.165, 1.54) is 0 Å². The molecule has 0 aliphatic heterocycles. The Morgan fingerprint density at radius 3 is 2.69 bits per heavy atom. The van der Waals surface area contributed by atoms with Crippen molar-refractivity contribution in [2.45, 2.75) is 0 Å². The SMILES string of the molecule is C=Cc1cc2c[c-]ccc2cc1OC.[Br-].[Mg+2]. The van der Waals surface area contributed by atoms with Crippen LogP contribution in [0.3, 0.4) is 0 Å². The van der Waals surface area contributed by atoms with Crippen molar-refractivity contribution in [1.29, 1.82) is 0 Å². The van der Waals surface area contributed by atoms with Gasteiger partial charge in [0.15, 0.2) is 0 Å². The Balaban J connectivity index is 0.00000112. The van der Waals surface area contributed by atoms with E-state index in [9.17, 15) is 0 Å². The summed E-state index contributed by atoms with van der Waals surface area (Å²) in [6, 6.07) is 13.0. The van der Waals surface area contributed by atoms with Crippen LogP contribution in [0.2, 0.25) is 0 Å². The molecule has 0 aliphatic rings. The number of fused-ring (bicyclic) bond motifs is 1. The van der Waals surface area contributed by atoms with Crippen LogP contribution < -0.4 is 21.7 Å². The summed E-state index contributed by atoms with van der Waals surface area (Å²) in [6.45, 7) is 3.76. The summed E-state index contributed by atoms with van der Waals surface area (Å²) in [7, 11) is 1.67. The number of halogens is 1. The zero-order chi connectivity index (χ0) is 9.97. The van der Waals surface area contributed by atoms with Crippen molar-refractivity contribution < 1.29 is 21.7 Å². The summed E-state index contributed by atoms with van der Waals surface area (Å²) in [5, 5.41) is 2.31.